The van der Waals surface area contributed by atoms with E-state index in [9.17, 15) is 4.79 Å². The maximum absolute atomic E-state index is 12.5. The first-order chi connectivity index (χ1) is 14.7. The Bertz CT molecular complexity index is 671. The first-order valence-electron chi connectivity index (χ1n) is 12.2. The molecule has 30 heavy (non-hydrogen) atoms. The molecule has 3 heterocycles. The largest absolute Gasteiger partial charge is 0.355 e. The summed E-state index contributed by atoms with van der Waals surface area (Å²) in [6.07, 6.45) is 7.21. The summed E-state index contributed by atoms with van der Waals surface area (Å²) in [5.41, 5.74) is 2.87. The topological polar surface area (TPSA) is 38.8 Å². The van der Waals surface area contributed by atoms with Crippen molar-refractivity contribution in [2.24, 2.45) is 5.92 Å². The molecule has 1 aromatic carbocycles. The van der Waals surface area contributed by atoms with Crippen molar-refractivity contribution in [3.63, 3.8) is 0 Å². The first kappa shape index (κ1) is 21.8. The van der Waals surface area contributed by atoms with Crippen LogP contribution in [0.3, 0.4) is 0 Å². The highest BCUT2D eigenvalue weighted by atomic mass is 16.1. The van der Waals surface area contributed by atoms with Crippen LogP contribution in [0.5, 0.6) is 0 Å². The third-order valence-corrected chi connectivity index (χ3v) is 7.55. The monoisotopic (exact) mass is 412 g/mol. The van der Waals surface area contributed by atoms with Gasteiger partial charge in [0.25, 0.3) is 0 Å². The smallest absolute Gasteiger partial charge is 0.223 e. The normalized spacial score (nSPS) is 23.1. The van der Waals surface area contributed by atoms with Gasteiger partial charge in [0, 0.05) is 31.6 Å². The Morgan fingerprint density at radius 2 is 1.63 bits per heavy atom. The molecular weight excluding hydrogens is 372 g/mol. The number of hydrogen-bond donors (Lipinski definition) is 1. The zero-order chi connectivity index (χ0) is 20.8. The van der Waals surface area contributed by atoms with Crippen molar-refractivity contribution in [2.45, 2.75) is 58.0 Å². The summed E-state index contributed by atoms with van der Waals surface area (Å²) in [7, 11) is 0. The summed E-state index contributed by atoms with van der Waals surface area (Å²) >= 11 is 0. The molecule has 1 amide bonds. The van der Waals surface area contributed by atoms with Gasteiger partial charge in [-0.3, -0.25) is 9.69 Å². The summed E-state index contributed by atoms with van der Waals surface area (Å²) in [5.74, 6) is 0.517. The highest BCUT2D eigenvalue weighted by Gasteiger charge is 2.30. The van der Waals surface area contributed by atoms with Crippen molar-refractivity contribution >= 4 is 5.91 Å². The number of nitrogens with zero attached hydrogens (tertiary/aromatic N) is 3. The lowest BCUT2D eigenvalue weighted by Gasteiger charge is -2.41. The second-order valence-corrected chi connectivity index (χ2v) is 9.58. The summed E-state index contributed by atoms with van der Waals surface area (Å²) in [6, 6.07) is 9.47. The van der Waals surface area contributed by atoms with Crippen molar-refractivity contribution in [1.82, 2.24) is 20.0 Å². The van der Waals surface area contributed by atoms with E-state index >= 15 is 0 Å². The number of carbonyl (C=O) groups excluding carboxylic acids is 1. The Kier molecular flexibility index (Phi) is 7.80. The predicted molar refractivity (Wildman–Crippen MR) is 122 cm³/mol. The molecule has 166 valence electrons. The Morgan fingerprint density at radius 1 is 0.933 bits per heavy atom. The number of rotatable bonds is 7. The minimum Gasteiger partial charge on any atom is -0.355 e. The third kappa shape index (κ3) is 5.83. The molecule has 3 saturated heterocycles. The standard InChI is InChI=1S/C25H40N4O/c1-21-6-2-3-7-23(21)20-28-15-10-24(11-16-28)29-17-8-22(9-18-29)25(30)26-12-19-27-13-4-5-14-27/h2-3,6-7,22,24H,4-5,8-20H2,1H3,(H,26,30). The maximum Gasteiger partial charge on any atom is 0.223 e. The van der Waals surface area contributed by atoms with Crippen molar-refractivity contribution in [2.75, 3.05) is 52.4 Å². The fourth-order valence-corrected chi connectivity index (χ4v) is 5.49. The van der Waals surface area contributed by atoms with E-state index in [2.05, 4.69) is 51.2 Å². The van der Waals surface area contributed by atoms with Crippen LogP contribution in [-0.2, 0) is 11.3 Å². The quantitative estimate of drug-likeness (QED) is 0.747. The number of benzene rings is 1. The number of nitrogens with one attached hydrogen (secondary N) is 1. The predicted octanol–water partition coefficient (Wildman–Crippen LogP) is 2.88. The Hall–Kier alpha value is -1.43. The van der Waals surface area contributed by atoms with E-state index in [0.29, 0.717) is 11.9 Å². The van der Waals surface area contributed by atoms with E-state index in [1.54, 1.807) is 0 Å². The van der Waals surface area contributed by atoms with Crippen molar-refractivity contribution in [3.8, 4) is 0 Å². The van der Waals surface area contributed by atoms with E-state index in [-0.39, 0.29) is 5.92 Å². The maximum atomic E-state index is 12.5. The Labute approximate surface area is 182 Å². The third-order valence-electron chi connectivity index (χ3n) is 7.55. The van der Waals surface area contributed by atoms with Gasteiger partial charge in [0.05, 0.1) is 0 Å². The molecule has 0 bridgehead atoms. The van der Waals surface area contributed by atoms with E-state index in [1.165, 1.54) is 63.0 Å². The zero-order valence-corrected chi connectivity index (χ0v) is 18.8. The van der Waals surface area contributed by atoms with Gasteiger partial charge >= 0.3 is 0 Å². The summed E-state index contributed by atoms with van der Waals surface area (Å²) < 4.78 is 0. The van der Waals surface area contributed by atoms with Crippen molar-refractivity contribution in [1.29, 1.82) is 0 Å². The van der Waals surface area contributed by atoms with Crippen LogP contribution in [0.1, 0.15) is 49.7 Å². The molecule has 3 aliphatic rings. The second-order valence-electron chi connectivity index (χ2n) is 9.58. The van der Waals surface area contributed by atoms with Gasteiger partial charge in [-0.1, -0.05) is 24.3 Å². The fourth-order valence-electron chi connectivity index (χ4n) is 5.49. The molecule has 1 aromatic rings. The Balaban J connectivity index is 1.13. The molecule has 5 nitrogen and oxygen atoms in total. The molecule has 0 radical (unpaired) electrons. The van der Waals surface area contributed by atoms with Crippen LogP contribution in [0.4, 0.5) is 0 Å². The van der Waals surface area contributed by atoms with E-state index in [4.69, 9.17) is 0 Å². The average Bonchev–Trinajstić information content (AvgIpc) is 3.29. The molecule has 1 N–H and O–H groups in total. The number of aryl methyl sites for hydroxylation is 1. The molecule has 5 heteroatoms. The number of piperidine rings is 2. The van der Waals surface area contributed by atoms with Gasteiger partial charge in [0.1, 0.15) is 0 Å². The minimum atomic E-state index is 0.223. The van der Waals surface area contributed by atoms with Gasteiger partial charge in [0.2, 0.25) is 5.91 Å². The molecule has 0 aliphatic carbocycles. The van der Waals surface area contributed by atoms with Crippen molar-refractivity contribution < 1.29 is 4.79 Å². The van der Waals surface area contributed by atoms with Gasteiger partial charge in [-0.05, 0) is 95.8 Å². The molecule has 0 saturated carbocycles. The van der Waals surface area contributed by atoms with Gasteiger partial charge in [-0.2, -0.15) is 0 Å². The van der Waals surface area contributed by atoms with Crippen molar-refractivity contribution in [3.05, 3.63) is 35.4 Å². The fraction of sp³-hybridized carbons (Fsp3) is 0.720. The van der Waals surface area contributed by atoms with Crippen LogP contribution < -0.4 is 5.32 Å². The van der Waals surface area contributed by atoms with Gasteiger partial charge in [-0.15, -0.1) is 0 Å². The number of amides is 1. The first-order valence-corrected chi connectivity index (χ1v) is 12.2. The summed E-state index contributed by atoms with van der Waals surface area (Å²) in [6.45, 7) is 12.1. The lowest BCUT2D eigenvalue weighted by Crippen LogP contribution is -2.49. The molecule has 0 aromatic heterocycles. The lowest BCUT2D eigenvalue weighted by molar-refractivity contribution is -0.126. The molecule has 0 unspecified atom stereocenters. The molecule has 0 atom stereocenters. The van der Waals surface area contributed by atoms with E-state index in [0.717, 1.165) is 45.6 Å². The summed E-state index contributed by atoms with van der Waals surface area (Å²) in [5, 5.41) is 3.20. The van der Waals surface area contributed by atoms with Crippen LogP contribution in [0.2, 0.25) is 0 Å². The number of likely N-dealkylation sites (tertiary alicyclic amines) is 3. The van der Waals surface area contributed by atoms with Gasteiger partial charge < -0.3 is 15.1 Å². The van der Waals surface area contributed by atoms with Gasteiger partial charge in [0.15, 0.2) is 0 Å². The molecule has 3 fully saturated rings. The van der Waals surface area contributed by atoms with E-state index in [1.807, 2.05) is 0 Å². The number of hydrogen-bond acceptors (Lipinski definition) is 4. The molecule has 0 spiro atoms. The number of carbonyl (C=O) groups is 1. The lowest BCUT2D eigenvalue weighted by atomic mass is 9.92. The van der Waals surface area contributed by atoms with Crippen LogP contribution in [0.15, 0.2) is 24.3 Å². The Morgan fingerprint density at radius 3 is 2.33 bits per heavy atom. The second kappa shape index (κ2) is 10.7. The van der Waals surface area contributed by atoms with Gasteiger partial charge in [-0.25, -0.2) is 0 Å². The summed E-state index contributed by atoms with van der Waals surface area (Å²) in [4.78, 5) is 20.3. The highest BCUT2D eigenvalue weighted by Crippen LogP contribution is 2.25. The van der Waals surface area contributed by atoms with Crippen LogP contribution in [0, 0.1) is 12.8 Å². The van der Waals surface area contributed by atoms with Crippen LogP contribution in [0.25, 0.3) is 0 Å². The van der Waals surface area contributed by atoms with E-state index < -0.39 is 0 Å². The van der Waals surface area contributed by atoms with Crippen LogP contribution >= 0.6 is 0 Å². The molecule has 4 rings (SSSR count). The average molecular weight is 413 g/mol. The van der Waals surface area contributed by atoms with Crippen LogP contribution in [-0.4, -0.2) is 79.0 Å². The molecule has 3 aliphatic heterocycles. The highest BCUT2D eigenvalue weighted by molar-refractivity contribution is 5.78. The molecular formula is C25H40N4O. The SMILES string of the molecule is Cc1ccccc1CN1CCC(N2CCC(C(=O)NCCN3CCCC3)CC2)CC1. The minimum absolute atomic E-state index is 0.223. The zero-order valence-electron chi connectivity index (χ0n) is 18.8.